The number of ether oxygens (including phenoxy) is 2. The fourth-order valence-electron chi connectivity index (χ4n) is 2.42. The fraction of sp³-hybridized carbons (Fsp3) is 0.600. The van der Waals surface area contributed by atoms with Crippen LogP contribution in [0.15, 0.2) is 18.2 Å². The highest BCUT2D eigenvalue weighted by atomic mass is 16.5. The van der Waals surface area contributed by atoms with Gasteiger partial charge in [-0.2, -0.15) is 0 Å². The summed E-state index contributed by atoms with van der Waals surface area (Å²) in [7, 11) is 1.73. The van der Waals surface area contributed by atoms with Crippen molar-refractivity contribution < 1.29 is 9.47 Å². The smallest absolute Gasteiger partial charge is 0.123 e. The number of hydrogen-bond acceptors (Lipinski definition) is 4. The van der Waals surface area contributed by atoms with E-state index >= 15 is 0 Å². The number of benzene rings is 1. The van der Waals surface area contributed by atoms with Crippen LogP contribution >= 0.6 is 0 Å². The molecule has 1 heterocycles. The molecule has 1 fully saturated rings. The van der Waals surface area contributed by atoms with Gasteiger partial charge in [0.05, 0.1) is 20.3 Å². The zero-order valence-electron chi connectivity index (χ0n) is 11.7. The Kier molecular flexibility index (Phi) is 5.63. The lowest BCUT2D eigenvalue weighted by molar-refractivity contribution is 0.0339. The van der Waals surface area contributed by atoms with Crippen molar-refractivity contribution in [1.29, 1.82) is 0 Å². The molecule has 0 spiro atoms. The maximum Gasteiger partial charge on any atom is 0.123 e. The first kappa shape index (κ1) is 14.3. The highest BCUT2D eigenvalue weighted by Crippen LogP contribution is 2.22. The minimum Gasteiger partial charge on any atom is -0.496 e. The number of nitrogens with zero attached hydrogens (tertiary/aromatic N) is 1. The molecular formula is C15H24N2O2. The molecule has 19 heavy (non-hydrogen) atoms. The van der Waals surface area contributed by atoms with E-state index in [1.54, 1.807) is 7.11 Å². The molecule has 2 rings (SSSR count). The van der Waals surface area contributed by atoms with E-state index in [2.05, 4.69) is 23.1 Å². The van der Waals surface area contributed by atoms with Gasteiger partial charge in [0.25, 0.3) is 0 Å². The van der Waals surface area contributed by atoms with Gasteiger partial charge in [0.15, 0.2) is 0 Å². The van der Waals surface area contributed by atoms with E-state index in [-0.39, 0.29) is 0 Å². The van der Waals surface area contributed by atoms with Crippen LogP contribution in [0.4, 0.5) is 0 Å². The van der Waals surface area contributed by atoms with Crippen molar-refractivity contribution in [2.75, 3.05) is 40.0 Å². The van der Waals surface area contributed by atoms with Crippen molar-refractivity contribution >= 4 is 0 Å². The van der Waals surface area contributed by atoms with Crippen molar-refractivity contribution in [2.24, 2.45) is 5.73 Å². The topological polar surface area (TPSA) is 47.7 Å². The van der Waals surface area contributed by atoms with E-state index in [1.807, 2.05) is 0 Å². The Morgan fingerprint density at radius 1 is 1.32 bits per heavy atom. The van der Waals surface area contributed by atoms with Crippen molar-refractivity contribution in [3.63, 3.8) is 0 Å². The van der Waals surface area contributed by atoms with Gasteiger partial charge in [-0.25, -0.2) is 0 Å². The zero-order valence-corrected chi connectivity index (χ0v) is 11.7. The molecule has 0 amide bonds. The number of methoxy groups -OCH3 is 1. The van der Waals surface area contributed by atoms with Crippen molar-refractivity contribution in [2.45, 2.75) is 19.4 Å². The highest BCUT2D eigenvalue weighted by molar-refractivity contribution is 5.37. The quantitative estimate of drug-likeness (QED) is 0.844. The van der Waals surface area contributed by atoms with Crippen LogP contribution in [0.3, 0.4) is 0 Å². The Labute approximate surface area is 115 Å². The number of hydrogen-bond donors (Lipinski definition) is 1. The second kappa shape index (κ2) is 7.48. The molecule has 1 aromatic rings. The Hall–Kier alpha value is -1.10. The molecule has 1 aliphatic heterocycles. The summed E-state index contributed by atoms with van der Waals surface area (Å²) < 4.78 is 10.8. The Balaban J connectivity index is 2.06. The average molecular weight is 264 g/mol. The first-order chi connectivity index (χ1) is 9.33. The summed E-state index contributed by atoms with van der Waals surface area (Å²) in [6.45, 7) is 5.32. The number of aryl methyl sites for hydroxylation is 1. The molecule has 0 radical (unpaired) electrons. The van der Waals surface area contributed by atoms with Gasteiger partial charge >= 0.3 is 0 Å². The molecule has 1 aromatic carbocycles. The lowest BCUT2D eigenvalue weighted by Crippen LogP contribution is -2.35. The first-order valence-corrected chi connectivity index (χ1v) is 6.99. The van der Waals surface area contributed by atoms with Crippen LogP contribution in [0.5, 0.6) is 5.75 Å². The summed E-state index contributed by atoms with van der Waals surface area (Å²) in [6, 6.07) is 6.46. The Morgan fingerprint density at radius 2 is 2.11 bits per heavy atom. The van der Waals surface area contributed by atoms with E-state index < -0.39 is 0 Å². The summed E-state index contributed by atoms with van der Waals surface area (Å²) in [6.07, 6.45) is 2.07. The summed E-state index contributed by atoms with van der Waals surface area (Å²) in [5.41, 5.74) is 8.18. The van der Waals surface area contributed by atoms with Gasteiger partial charge in [-0.1, -0.05) is 12.1 Å². The molecule has 0 aromatic heterocycles. The van der Waals surface area contributed by atoms with E-state index in [0.717, 1.165) is 58.0 Å². The monoisotopic (exact) mass is 264 g/mol. The van der Waals surface area contributed by atoms with Crippen molar-refractivity contribution in [3.05, 3.63) is 29.3 Å². The standard InChI is InChI=1S/C15H24N2O2/c1-18-15-5-4-13(3-2-6-16)11-14(15)12-17-7-9-19-10-8-17/h4-5,11H,2-3,6-10,12,16H2,1H3. The van der Waals surface area contributed by atoms with Gasteiger partial charge in [0.1, 0.15) is 5.75 Å². The minimum absolute atomic E-state index is 0.741. The van der Waals surface area contributed by atoms with Gasteiger partial charge in [0, 0.05) is 25.2 Å². The van der Waals surface area contributed by atoms with Crippen LogP contribution in [0.1, 0.15) is 17.5 Å². The molecule has 1 aliphatic rings. The van der Waals surface area contributed by atoms with Gasteiger partial charge in [-0.05, 0) is 31.0 Å². The summed E-state index contributed by atoms with van der Waals surface area (Å²) in [4.78, 5) is 2.41. The second-order valence-corrected chi connectivity index (χ2v) is 4.93. The molecule has 0 bridgehead atoms. The minimum atomic E-state index is 0.741. The Bertz CT molecular complexity index is 390. The molecule has 106 valence electrons. The predicted octanol–water partition coefficient (Wildman–Crippen LogP) is 1.42. The van der Waals surface area contributed by atoms with Crippen molar-refractivity contribution in [3.8, 4) is 5.75 Å². The lowest BCUT2D eigenvalue weighted by atomic mass is 10.0. The summed E-state index contributed by atoms with van der Waals surface area (Å²) in [5, 5.41) is 0. The summed E-state index contributed by atoms with van der Waals surface area (Å²) in [5.74, 6) is 0.975. The lowest BCUT2D eigenvalue weighted by Gasteiger charge is -2.27. The highest BCUT2D eigenvalue weighted by Gasteiger charge is 2.13. The zero-order chi connectivity index (χ0) is 13.5. The third kappa shape index (κ3) is 4.20. The predicted molar refractivity (Wildman–Crippen MR) is 76.5 cm³/mol. The maximum atomic E-state index is 5.57. The maximum absolute atomic E-state index is 5.57. The summed E-state index contributed by atoms with van der Waals surface area (Å²) >= 11 is 0. The number of morpholine rings is 1. The van der Waals surface area contributed by atoms with E-state index in [9.17, 15) is 0 Å². The van der Waals surface area contributed by atoms with Crippen molar-refractivity contribution in [1.82, 2.24) is 4.90 Å². The second-order valence-electron chi connectivity index (χ2n) is 4.93. The van der Waals surface area contributed by atoms with Crippen LogP contribution in [-0.4, -0.2) is 44.9 Å². The van der Waals surface area contributed by atoms with Gasteiger partial charge in [-0.15, -0.1) is 0 Å². The molecule has 4 heteroatoms. The van der Waals surface area contributed by atoms with Gasteiger partial charge in [-0.3, -0.25) is 4.90 Å². The molecule has 0 saturated carbocycles. The van der Waals surface area contributed by atoms with E-state index in [1.165, 1.54) is 11.1 Å². The molecule has 0 aliphatic carbocycles. The molecule has 2 N–H and O–H groups in total. The largest absolute Gasteiger partial charge is 0.496 e. The molecule has 4 nitrogen and oxygen atoms in total. The van der Waals surface area contributed by atoms with E-state index in [0.29, 0.717) is 0 Å². The van der Waals surface area contributed by atoms with Gasteiger partial charge < -0.3 is 15.2 Å². The third-order valence-electron chi connectivity index (χ3n) is 3.51. The van der Waals surface area contributed by atoms with Crippen LogP contribution < -0.4 is 10.5 Å². The van der Waals surface area contributed by atoms with Crippen LogP contribution in [0.2, 0.25) is 0 Å². The van der Waals surface area contributed by atoms with Crippen LogP contribution in [0, 0.1) is 0 Å². The fourth-order valence-corrected chi connectivity index (χ4v) is 2.42. The average Bonchev–Trinajstić information content (AvgIpc) is 2.46. The van der Waals surface area contributed by atoms with Crippen LogP contribution in [-0.2, 0) is 17.7 Å². The normalized spacial score (nSPS) is 16.5. The number of rotatable bonds is 6. The van der Waals surface area contributed by atoms with E-state index in [4.69, 9.17) is 15.2 Å². The number of nitrogens with two attached hydrogens (primary N) is 1. The van der Waals surface area contributed by atoms with Gasteiger partial charge in [0.2, 0.25) is 0 Å². The molecule has 0 unspecified atom stereocenters. The molecule has 1 saturated heterocycles. The molecule has 0 atom stereocenters. The van der Waals surface area contributed by atoms with Crippen LogP contribution in [0.25, 0.3) is 0 Å². The third-order valence-corrected chi connectivity index (χ3v) is 3.51. The Morgan fingerprint density at radius 3 is 2.79 bits per heavy atom. The SMILES string of the molecule is COc1ccc(CCCN)cc1CN1CCOCC1. The first-order valence-electron chi connectivity index (χ1n) is 6.99. The molecular weight excluding hydrogens is 240 g/mol.